The van der Waals surface area contributed by atoms with Gasteiger partial charge in [-0.05, 0) is 25.7 Å². The van der Waals surface area contributed by atoms with Gasteiger partial charge in [-0.1, -0.05) is 0 Å². The first-order valence-electron chi connectivity index (χ1n) is 9.78. The summed E-state index contributed by atoms with van der Waals surface area (Å²) in [5.74, 6) is 1.32. The van der Waals surface area contributed by atoms with Crippen LogP contribution in [0.4, 0.5) is 16.2 Å². The number of nitrogens with zero attached hydrogens (tertiary/aromatic N) is 6. The summed E-state index contributed by atoms with van der Waals surface area (Å²) in [6.07, 6.45) is 8.30. The summed E-state index contributed by atoms with van der Waals surface area (Å²) in [6.45, 7) is 2.54. The molecule has 0 amide bonds. The van der Waals surface area contributed by atoms with Crippen LogP contribution in [0.25, 0.3) is 16.9 Å². The average Bonchev–Trinajstić information content (AvgIpc) is 3.39. The van der Waals surface area contributed by atoms with Crippen LogP contribution in [0.5, 0.6) is 0 Å². The summed E-state index contributed by atoms with van der Waals surface area (Å²) < 4.78 is 21.1. The molecular formula is C18H23FN8O. The van der Waals surface area contributed by atoms with E-state index in [1.54, 1.807) is 12.4 Å². The average molecular weight is 386 g/mol. The van der Waals surface area contributed by atoms with Crippen molar-refractivity contribution in [3.63, 3.8) is 0 Å². The summed E-state index contributed by atoms with van der Waals surface area (Å²) in [5, 5.41) is 14.7. The topological polar surface area (TPSA) is 96.3 Å². The predicted octanol–water partition coefficient (Wildman–Crippen LogP) is 2.04. The zero-order chi connectivity index (χ0) is 18.9. The molecule has 0 unspecified atom stereocenters. The first-order chi connectivity index (χ1) is 13.8. The number of rotatable bonds is 4. The van der Waals surface area contributed by atoms with Crippen molar-refractivity contribution in [1.82, 2.24) is 29.8 Å². The quantitative estimate of drug-likeness (QED) is 0.708. The Labute approximate surface area is 161 Å². The Morgan fingerprint density at radius 3 is 2.89 bits per heavy atom. The van der Waals surface area contributed by atoms with Gasteiger partial charge >= 0.3 is 0 Å². The lowest BCUT2D eigenvalue weighted by atomic mass is 10.1. The van der Waals surface area contributed by atoms with E-state index in [4.69, 9.17) is 4.74 Å². The molecule has 3 aromatic rings. The maximum atomic E-state index is 14.1. The Hall–Kier alpha value is -2.75. The van der Waals surface area contributed by atoms with E-state index in [0.717, 1.165) is 43.0 Å². The standard InChI is InChI=1S/C18H23FN8O/c19-13-11-28-7-4-14(13)23-18-24-15-10-20-16(12-8-21-22-9-12)17(27(15)25-18)26-5-2-1-3-6-26/h8-10,13-14H,1-7,11H2,(H,21,22)(H,23,25)/t13-,14+/m1/s1. The van der Waals surface area contributed by atoms with E-state index in [-0.39, 0.29) is 12.6 Å². The Morgan fingerprint density at radius 2 is 2.11 bits per heavy atom. The minimum Gasteiger partial charge on any atom is -0.378 e. The molecule has 10 heteroatoms. The molecule has 2 aliphatic rings. The first kappa shape index (κ1) is 17.4. The summed E-state index contributed by atoms with van der Waals surface area (Å²) >= 11 is 0. The zero-order valence-corrected chi connectivity index (χ0v) is 15.5. The number of nitrogens with one attached hydrogen (secondary N) is 2. The monoisotopic (exact) mass is 386 g/mol. The predicted molar refractivity (Wildman–Crippen MR) is 102 cm³/mol. The molecule has 0 aromatic carbocycles. The number of hydrogen-bond acceptors (Lipinski definition) is 7. The van der Waals surface area contributed by atoms with Crippen LogP contribution in [0.2, 0.25) is 0 Å². The molecule has 5 rings (SSSR count). The number of halogens is 1. The van der Waals surface area contributed by atoms with Gasteiger partial charge in [0.2, 0.25) is 5.95 Å². The van der Waals surface area contributed by atoms with Crippen molar-refractivity contribution < 1.29 is 9.13 Å². The molecule has 2 N–H and O–H groups in total. The van der Waals surface area contributed by atoms with Crippen LogP contribution < -0.4 is 10.2 Å². The minimum absolute atomic E-state index is 0.107. The Bertz CT molecular complexity index is 937. The number of hydrogen-bond donors (Lipinski definition) is 2. The molecule has 5 heterocycles. The molecule has 2 fully saturated rings. The summed E-state index contributed by atoms with van der Waals surface area (Å²) in [6, 6.07) is -0.342. The summed E-state index contributed by atoms with van der Waals surface area (Å²) in [4.78, 5) is 11.5. The SMILES string of the molecule is F[C@@H]1COCC[C@@H]1Nc1nc2cnc(-c3cn[nH]c3)c(N3CCCCC3)n2n1. The first-order valence-corrected chi connectivity index (χ1v) is 9.78. The van der Waals surface area contributed by atoms with Crippen molar-refractivity contribution in [3.05, 3.63) is 18.6 Å². The molecule has 0 saturated carbocycles. The fourth-order valence-electron chi connectivity index (χ4n) is 3.91. The highest BCUT2D eigenvalue weighted by Gasteiger charge is 2.27. The molecule has 28 heavy (non-hydrogen) atoms. The maximum Gasteiger partial charge on any atom is 0.243 e. The van der Waals surface area contributed by atoms with Crippen LogP contribution >= 0.6 is 0 Å². The molecule has 0 radical (unpaired) electrons. The largest absolute Gasteiger partial charge is 0.378 e. The molecule has 0 spiro atoms. The summed E-state index contributed by atoms with van der Waals surface area (Å²) in [5.41, 5.74) is 2.35. The van der Waals surface area contributed by atoms with Gasteiger partial charge in [0.15, 0.2) is 11.5 Å². The molecule has 2 atom stereocenters. The van der Waals surface area contributed by atoms with Crippen LogP contribution in [0.3, 0.4) is 0 Å². The van der Waals surface area contributed by atoms with Crippen molar-refractivity contribution in [3.8, 4) is 11.3 Å². The second-order valence-electron chi connectivity index (χ2n) is 7.30. The third-order valence-corrected chi connectivity index (χ3v) is 5.38. The lowest BCUT2D eigenvalue weighted by molar-refractivity contribution is 0.0284. The van der Waals surface area contributed by atoms with Crippen LogP contribution in [0, 0.1) is 0 Å². The Morgan fingerprint density at radius 1 is 1.21 bits per heavy atom. The van der Waals surface area contributed by atoms with E-state index in [0.29, 0.717) is 24.6 Å². The highest BCUT2D eigenvalue weighted by Crippen LogP contribution is 2.31. The third kappa shape index (κ3) is 3.17. The normalized spacial score (nSPS) is 23.2. The number of ether oxygens (including phenoxy) is 1. The van der Waals surface area contributed by atoms with Gasteiger partial charge in [-0.25, -0.2) is 9.37 Å². The van der Waals surface area contributed by atoms with Gasteiger partial charge in [-0.15, -0.1) is 5.10 Å². The number of aromatic amines is 1. The second-order valence-corrected chi connectivity index (χ2v) is 7.30. The second kappa shape index (κ2) is 7.34. The van der Waals surface area contributed by atoms with E-state index in [1.165, 1.54) is 6.42 Å². The number of aromatic nitrogens is 6. The fraction of sp³-hybridized carbons (Fsp3) is 0.556. The fourth-order valence-corrected chi connectivity index (χ4v) is 3.91. The maximum absolute atomic E-state index is 14.1. The highest BCUT2D eigenvalue weighted by atomic mass is 19.1. The molecule has 0 aliphatic carbocycles. The smallest absolute Gasteiger partial charge is 0.243 e. The van der Waals surface area contributed by atoms with E-state index in [2.05, 4.69) is 35.5 Å². The van der Waals surface area contributed by atoms with E-state index >= 15 is 0 Å². The van der Waals surface area contributed by atoms with Crippen molar-refractivity contribution >= 4 is 17.4 Å². The molecule has 2 aliphatic heterocycles. The summed E-state index contributed by atoms with van der Waals surface area (Å²) in [7, 11) is 0. The van der Waals surface area contributed by atoms with Crippen molar-refractivity contribution in [2.75, 3.05) is 36.5 Å². The van der Waals surface area contributed by atoms with Crippen molar-refractivity contribution in [2.24, 2.45) is 0 Å². The Balaban J connectivity index is 1.55. The van der Waals surface area contributed by atoms with Gasteiger partial charge in [0, 0.05) is 31.5 Å². The molecule has 2 saturated heterocycles. The van der Waals surface area contributed by atoms with Gasteiger partial charge < -0.3 is 15.0 Å². The van der Waals surface area contributed by atoms with Gasteiger partial charge in [-0.3, -0.25) is 5.10 Å². The Kier molecular flexibility index (Phi) is 4.55. The number of fused-ring (bicyclic) bond motifs is 1. The number of alkyl halides is 1. The lowest BCUT2D eigenvalue weighted by Crippen LogP contribution is -2.39. The lowest BCUT2D eigenvalue weighted by Gasteiger charge is -2.29. The van der Waals surface area contributed by atoms with Gasteiger partial charge in [-0.2, -0.15) is 14.6 Å². The van der Waals surface area contributed by atoms with Crippen LogP contribution in [0.1, 0.15) is 25.7 Å². The molecular weight excluding hydrogens is 363 g/mol. The highest BCUT2D eigenvalue weighted by molar-refractivity contribution is 5.73. The van der Waals surface area contributed by atoms with Crippen molar-refractivity contribution in [2.45, 2.75) is 37.9 Å². The van der Waals surface area contributed by atoms with Crippen LogP contribution in [0.15, 0.2) is 18.6 Å². The third-order valence-electron chi connectivity index (χ3n) is 5.38. The van der Waals surface area contributed by atoms with Crippen LogP contribution in [-0.4, -0.2) is 68.3 Å². The van der Waals surface area contributed by atoms with Crippen molar-refractivity contribution in [1.29, 1.82) is 0 Å². The molecule has 9 nitrogen and oxygen atoms in total. The minimum atomic E-state index is -1.07. The molecule has 3 aromatic heterocycles. The van der Waals surface area contributed by atoms with Gasteiger partial charge in [0.05, 0.1) is 25.0 Å². The van der Waals surface area contributed by atoms with Crippen LogP contribution in [-0.2, 0) is 4.74 Å². The zero-order valence-electron chi connectivity index (χ0n) is 15.5. The molecule has 0 bridgehead atoms. The van der Waals surface area contributed by atoms with Gasteiger partial charge in [0.25, 0.3) is 0 Å². The van der Waals surface area contributed by atoms with Gasteiger partial charge in [0.1, 0.15) is 11.9 Å². The van der Waals surface area contributed by atoms with E-state index < -0.39 is 6.17 Å². The van der Waals surface area contributed by atoms with E-state index in [9.17, 15) is 4.39 Å². The van der Waals surface area contributed by atoms with E-state index in [1.807, 2.05) is 10.7 Å². The molecule has 148 valence electrons. The number of anilines is 2. The number of piperidine rings is 1. The number of H-pyrrole nitrogens is 1.